The minimum Gasteiger partial charge on any atom is -0.465 e. The van der Waals surface area contributed by atoms with Gasteiger partial charge in [0.1, 0.15) is 5.60 Å². The van der Waals surface area contributed by atoms with Crippen molar-refractivity contribution < 1.29 is 19.1 Å². The van der Waals surface area contributed by atoms with Crippen molar-refractivity contribution in [1.29, 1.82) is 0 Å². The molecule has 0 amide bonds. The molecule has 0 unspecified atom stereocenters. The number of esters is 2. The molecule has 0 bridgehead atoms. The molecular formula is C18H25NO4. The van der Waals surface area contributed by atoms with Gasteiger partial charge >= 0.3 is 11.9 Å². The number of anilines is 1. The Hall–Kier alpha value is -2.04. The molecule has 1 fully saturated rings. The summed E-state index contributed by atoms with van der Waals surface area (Å²) in [5, 5.41) is 0. The molecule has 0 aliphatic carbocycles. The van der Waals surface area contributed by atoms with Crippen molar-refractivity contribution in [2.45, 2.75) is 39.2 Å². The molecule has 0 spiro atoms. The Labute approximate surface area is 137 Å². The van der Waals surface area contributed by atoms with Gasteiger partial charge in [0, 0.05) is 18.8 Å². The van der Waals surface area contributed by atoms with Crippen molar-refractivity contribution in [1.82, 2.24) is 0 Å². The number of carbonyl (C=O) groups is 2. The van der Waals surface area contributed by atoms with E-state index in [-0.39, 0.29) is 17.9 Å². The fourth-order valence-corrected chi connectivity index (χ4v) is 2.68. The van der Waals surface area contributed by atoms with Gasteiger partial charge in [-0.15, -0.1) is 0 Å². The van der Waals surface area contributed by atoms with E-state index in [9.17, 15) is 9.59 Å². The van der Waals surface area contributed by atoms with Crippen LogP contribution in [-0.2, 0) is 14.3 Å². The van der Waals surface area contributed by atoms with Crippen molar-refractivity contribution in [2.24, 2.45) is 5.92 Å². The van der Waals surface area contributed by atoms with Crippen molar-refractivity contribution >= 4 is 17.6 Å². The third-order valence-corrected chi connectivity index (χ3v) is 3.89. The van der Waals surface area contributed by atoms with Crippen molar-refractivity contribution in [2.75, 3.05) is 25.1 Å². The predicted molar refractivity (Wildman–Crippen MR) is 88.6 cm³/mol. The molecule has 0 aromatic heterocycles. The second kappa shape index (κ2) is 7.02. The molecule has 2 rings (SSSR count). The summed E-state index contributed by atoms with van der Waals surface area (Å²) < 4.78 is 10.2. The predicted octanol–water partition coefficient (Wildman–Crippen LogP) is 3.03. The van der Waals surface area contributed by atoms with Gasteiger partial charge in [-0.05, 0) is 57.9 Å². The van der Waals surface area contributed by atoms with Crippen LogP contribution in [0.2, 0.25) is 0 Å². The molecule has 1 aromatic carbocycles. The lowest BCUT2D eigenvalue weighted by Gasteiger charge is -2.33. The smallest absolute Gasteiger partial charge is 0.337 e. The molecule has 0 atom stereocenters. The molecule has 0 N–H and O–H groups in total. The molecule has 0 saturated carbocycles. The molecule has 5 nitrogen and oxygen atoms in total. The zero-order valence-electron chi connectivity index (χ0n) is 14.3. The van der Waals surface area contributed by atoms with E-state index < -0.39 is 5.60 Å². The Balaban J connectivity index is 1.91. The number of carbonyl (C=O) groups excluding carboxylic acids is 2. The fourth-order valence-electron chi connectivity index (χ4n) is 2.68. The summed E-state index contributed by atoms with van der Waals surface area (Å²) >= 11 is 0. The first kappa shape index (κ1) is 17.3. The Morgan fingerprint density at radius 1 is 1.09 bits per heavy atom. The van der Waals surface area contributed by atoms with E-state index in [1.165, 1.54) is 7.11 Å². The lowest BCUT2D eigenvalue weighted by Crippen LogP contribution is -2.38. The fraction of sp³-hybridized carbons (Fsp3) is 0.556. The second-order valence-electron chi connectivity index (χ2n) is 6.83. The van der Waals surface area contributed by atoms with E-state index in [1.807, 2.05) is 32.9 Å². The number of piperidine rings is 1. The summed E-state index contributed by atoms with van der Waals surface area (Å²) in [5.41, 5.74) is 1.16. The summed E-state index contributed by atoms with van der Waals surface area (Å²) in [6.45, 7) is 7.29. The molecule has 1 saturated heterocycles. The third-order valence-electron chi connectivity index (χ3n) is 3.89. The van der Waals surface area contributed by atoms with Crippen LogP contribution in [-0.4, -0.2) is 37.7 Å². The quantitative estimate of drug-likeness (QED) is 0.802. The maximum atomic E-state index is 12.1. The minimum atomic E-state index is -0.433. The number of methoxy groups -OCH3 is 1. The van der Waals surface area contributed by atoms with E-state index >= 15 is 0 Å². The standard InChI is InChI=1S/C18H25NO4/c1-18(2,3)23-17(21)14-9-11-19(12-10-14)15-7-5-13(6-8-15)16(20)22-4/h5-8,14H,9-12H2,1-4H3. The highest BCUT2D eigenvalue weighted by Crippen LogP contribution is 2.25. The maximum Gasteiger partial charge on any atom is 0.337 e. The number of hydrogen-bond donors (Lipinski definition) is 0. The Kier molecular flexibility index (Phi) is 5.29. The van der Waals surface area contributed by atoms with Crippen LogP contribution < -0.4 is 4.90 Å². The largest absolute Gasteiger partial charge is 0.465 e. The summed E-state index contributed by atoms with van der Waals surface area (Å²) in [5.74, 6) is -0.460. The van der Waals surface area contributed by atoms with E-state index in [1.54, 1.807) is 12.1 Å². The SMILES string of the molecule is COC(=O)c1ccc(N2CCC(C(=O)OC(C)(C)C)CC2)cc1. The van der Waals surface area contributed by atoms with E-state index in [4.69, 9.17) is 9.47 Å². The van der Waals surface area contributed by atoms with Gasteiger partial charge in [0.25, 0.3) is 0 Å². The molecule has 126 valence electrons. The molecule has 5 heteroatoms. The van der Waals surface area contributed by atoms with Crippen LogP contribution in [0.15, 0.2) is 24.3 Å². The maximum absolute atomic E-state index is 12.1. The third kappa shape index (κ3) is 4.71. The lowest BCUT2D eigenvalue weighted by molar-refractivity contribution is -0.160. The topological polar surface area (TPSA) is 55.8 Å². The van der Waals surface area contributed by atoms with Crippen LogP contribution in [0.4, 0.5) is 5.69 Å². The zero-order valence-corrected chi connectivity index (χ0v) is 14.3. The lowest BCUT2D eigenvalue weighted by atomic mass is 9.96. The highest BCUT2D eigenvalue weighted by molar-refractivity contribution is 5.89. The van der Waals surface area contributed by atoms with Gasteiger partial charge in [-0.2, -0.15) is 0 Å². The monoisotopic (exact) mass is 319 g/mol. The number of hydrogen-bond acceptors (Lipinski definition) is 5. The summed E-state index contributed by atoms with van der Waals surface area (Å²) in [6.07, 6.45) is 1.57. The summed E-state index contributed by atoms with van der Waals surface area (Å²) in [4.78, 5) is 25.8. The van der Waals surface area contributed by atoms with Gasteiger partial charge in [-0.1, -0.05) is 0 Å². The van der Waals surface area contributed by atoms with Crippen molar-refractivity contribution in [3.63, 3.8) is 0 Å². The van der Waals surface area contributed by atoms with E-state index in [2.05, 4.69) is 4.90 Å². The average molecular weight is 319 g/mol. The van der Waals surface area contributed by atoms with Gasteiger partial charge in [0.15, 0.2) is 0 Å². The first-order valence-corrected chi connectivity index (χ1v) is 7.96. The summed E-state index contributed by atoms with van der Waals surface area (Å²) in [6, 6.07) is 7.36. The second-order valence-corrected chi connectivity index (χ2v) is 6.83. The Morgan fingerprint density at radius 3 is 2.13 bits per heavy atom. The molecule has 1 aromatic rings. The van der Waals surface area contributed by atoms with Crippen molar-refractivity contribution in [3.05, 3.63) is 29.8 Å². The number of rotatable bonds is 3. The van der Waals surface area contributed by atoms with Crippen LogP contribution in [0.25, 0.3) is 0 Å². The first-order chi connectivity index (χ1) is 10.8. The van der Waals surface area contributed by atoms with Gasteiger partial charge < -0.3 is 14.4 Å². The highest BCUT2D eigenvalue weighted by Gasteiger charge is 2.29. The zero-order chi connectivity index (χ0) is 17.0. The summed E-state index contributed by atoms with van der Waals surface area (Å²) in [7, 11) is 1.37. The molecule has 23 heavy (non-hydrogen) atoms. The van der Waals surface area contributed by atoms with Gasteiger partial charge in [0.05, 0.1) is 18.6 Å². The average Bonchev–Trinajstić information content (AvgIpc) is 2.53. The van der Waals surface area contributed by atoms with Crippen molar-refractivity contribution in [3.8, 4) is 0 Å². The van der Waals surface area contributed by atoms with Crippen LogP contribution >= 0.6 is 0 Å². The number of nitrogens with zero attached hydrogens (tertiary/aromatic N) is 1. The number of benzene rings is 1. The van der Waals surface area contributed by atoms with E-state index in [0.717, 1.165) is 31.6 Å². The van der Waals surface area contributed by atoms with Gasteiger partial charge in [-0.3, -0.25) is 4.79 Å². The van der Waals surface area contributed by atoms with Gasteiger partial charge in [0.2, 0.25) is 0 Å². The van der Waals surface area contributed by atoms with Crippen LogP contribution in [0.5, 0.6) is 0 Å². The molecule has 1 aliphatic heterocycles. The minimum absolute atomic E-state index is 0.0279. The van der Waals surface area contributed by atoms with E-state index in [0.29, 0.717) is 5.56 Å². The normalized spacial score (nSPS) is 16.1. The first-order valence-electron chi connectivity index (χ1n) is 7.96. The Morgan fingerprint density at radius 2 is 1.65 bits per heavy atom. The molecule has 1 heterocycles. The van der Waals surface area contributed by atoms with Crippen LogP contribution in [0, 0.1) is 5.92 Å². The van der Waals surface area contributed by atoms with Gasteiger partial charge in [-0.25, -0.2) is 4.79 Å². The Bertz CT molecular complexity index is 551. The van der Waals surface area contributed by atoms with Crippen LogP contribution in [0.1, 0.15) is 44.0 Å². The molecular weight excluding hydrogens is 294 g/mol. The molecule has 0 radical (unpaired) electrons. The highest BCUT2D eigenvalue weighted by atomic mass is 16.6. The van der Waals surface area contributed by atoms with Crippen LogP contribution in [0.3, 0.4) is 0 Å². The number of ether oxygens (including phenoxy) is 2. The molecule has 1 aliphatic rings.